The fourth-order valence-corrected chi connectivity index (χ4v) is 4.35. The molecule has 0 bridgehead atoms. The Balaban J connectivity index is 1.83. The van der Waals surface area contributed by atoms with Crippen molar-refractivity contribution < 1.29 is 19.1 Å². The van der Waals surface area contributed by atoms with Crippen LogP contribution in [0.3, 0.4) is 0 Å². The molecule has 174 valence electrons. The van der Waals surface area contributed by atoms with Gasteiger partial charge in [0.1, 0.15) is 24.1 Å². The predicted molar refractivity (Wildman–Crippen MR) is 137 cm³/mol. The minimum absolute atomic E-state index is 0.118. The van der Waals surface area contributed by atoms with Gasteiger partial charge >= 0.3 is 0 Å². The van der Waals surface area contributed by atoms with Crippen LogP contribution in [0.2, 0.25) is 0 Å². The quantitative estimate of drug-likeness (QED) is 0.441. The second-order valence-electron chi connectivity index (χ2n) is 7.90. The van der Waals surface area contributed by atoms with Crippen LogP contribution in [0.1, 0.15) is 12.5 Å². The maximum Gasteiger partial charge on any atom is 0.255 e. The monoisotopic (exact) mass is 520 g/mol. The van der Waals surface area contributed by atoms with Gasteiger partial charge in [0.15, 0.2) is 0 Å². The number of carbonyl (C=O) groups is 2. The van der Waals surface area contributed by atoms with Gasteiger partial charge in [0.05, 0.1) is 19.9 Å². The number of amides is 2. The van der Waals surface area contributed by atoms with Crippen molar-refractivity contribution in [1.82, 2.24) is 0 Å². The van der Waals surface area contributed by atoms with E-state index < -0.39 is 6.04 Å². The molecule has 3 aromatic rings. The molecule has 0 spiro atoms. The molecule has 3 aromatic carbocycles. The molecule has 34 heavy (non-hydrogen) atoms. The summed E-state index contributed by atoms with van der Waals surface area (Å²) < 4.78 is 11.8. The van der Waals surface area contributed by atoms with E-state index in [0.717, 1.165) is 15.6 Å². The van der Waals surface area contributed by atoms with Gasteiger partial charge in [-0.25, -0.2) is 0 Å². The maximum absolute atomic E-state index is 14.0. The van der Waals surface area contributed by atoms with Crippen molar-refractivity contribution >= 4 is 45.2 Å². The molecular weight excluding hydrogens is 496 g/mol. The van der Waals surface area contributed by atoms with E-state index in [4.69, 9.17) is 9.47 Å². The third-order valence-corrected chi connectivity index (χ3v) is 6.26. The summed E-state index contributed by atoms with van der Waals surface area (Å²) in [4.78, 5) is 30.6. The summed E-state index contributed by atoms with van der Waals surface area (Å²) in [5, 5.41) is 0. The van der Waals surface area contributed by atoms with E-state index in [1.54, 1.807) is 30.2 Å². The Hall–Kier alpha value is -3.58. The largest absolute Gasteiger partial charge is 0.497 e. The zero-order valence-corrected chi connectivity index (χ0v) is 20.8. The summed E-state index contributed by atoms with van der Waals surface area (Å²) in [7, 11) is 3.09. The Bertz CT molecular complexity index is 1230. The number of hydrogen-bond acceptors (Lipinski definition) is 4. The Labute approximate surface area is 207 Å². The summed E-state index contributed by atoms with van der Waals surface area (Å²) in [5.41, 5.74) is 2.85. The molecule has 0 N–H and O–H groups in total. The highest BCUT2D eigenvalue weighted by atomic mass is 79.9. The first-order chi connectivity index (χ1) is 16.4. The second-order valence-corrected chi connectivity index (χ2v) is 8.82. The number of rotatable bonds is 6. The lowest BCUT2D eigenvalue weighted by Gasteiger charge is -2.41. The standard InChI is InChI=1S/C27H25BrN2O4/c1-18(15-19-7-5-4-6-8-19)26-27(32)29(23-16-22(33-2)13-14-24(23)34-3)17-25(31)30(26)21-11-9-20(28)10-12-21/h4-16,26H,17H2,1-3H3/b18-15+/t26-/m1/s1. The van der Waals surface area contributed by atoms with Crippen LogP contribution in [0.5, 0.6) is 11.5 Å². The molecule has 2 amide bonds. The molecule has 1 heterocycles. The van der Waals surface area contributed by atoms with Crippen molar-refractivity contribution in [3.05, 3.63) is 88.4 Å². The van der Waals surface area contributed by atoms with Crippen molar-refractivity contribution in [3.63, 3.8) is 0 Å². The fraction of sp³-hybridized carbons (Fsp3) is 0.185. The number of anilines is 2. The first-order valence-electron chi connectivity index (χ1n) is 10.8. The highest BCUT2D eigenvalue weighted by molar-refractivity contribution is 9.10. The van der Waals surface area contributed by atoms with E-state index in [1.165, 1.54) is 12.0 Å². The molecular formula is C27H25BrN2O4. The van der Waals surface area contributed by atoms with Crippen molar-refractivity contribution in [3.8, 4) is 11.5 Å². The zero-order valence-electron chi connectivity index (χ0n) is 19.2. The minimum atomic E-state index is -0.821. The van der Waals surface area contributed by atoms with Crippen molar-refractivity contribution in [2.24, 2.45) is 0 Å². The van der Waals surface area contributed by atoms with Crippen LogP contribution in [0, 0.1) is 0 Å². The van der Waals surface area contributed by atoms with E-state index in [0.29, 0.717) is 22.9 Å². The number of hydrogen-bond donors (Lipinski definition) is 0. The molecule has 0 aromatic heterocycles. The van der Waals surface area contributed by atoms with Crippen molar-refractivity contribution in [1.29, 1.82) is 0 Å². The van der Waals surface area contributed by atoms with Gasteiger partial charge in [-0.1, -0.05) is 52.3 Å². The van der Waals surface area contributed by atoms with Crippen molar-refractivity contribution in [2.75, 3.05) is 30.6 Å². The van der Waals surface area contributed by atoms with Gasteiger partial charge in [-0.15, -0.1) is 0 Å². The van der Waals surface area contributed by atoms with Crippen molar-refractivity contribution in [2.45, 2.75) is 13.0 Å². The molecule has 1 aliphatic rings. The molecule has 0 saturated carbocycles. The molecule has 6 nitrogen and oxygen atoms in total. The van der Waals surface area contributed by atoms with E-state index in [9.17, 15) is 9.59 Å². The number of benzene rings is 3. The molecule has 0 unspecified atom stereocenters. The first-order valence-corrected chi connectivity index (χ1v) is 11.6. The molecule has 0 radical (unpaired) electrons. The topological polar surface area (TPSA) is 59.1 Å². The van der Waals surface area contributed by atoms with Crippen LogP contribution in [-0.4, -0.2) is 38.6 Å². The van der Waals surface area contributed by atoms with Crippen LogP contribution < -0.4 is 19.3 Å². The lowest BCUT2D eigenvalue weighted by molar-refractivity contribution is -0.127. The molecule has 4 rings (SSSR count). The Morgan fingerprint density at radius 3 is 2.32 bits per heavy atom. The van der Waals surface area contributed by atoms with E-state index in [1.807, 2.05) is 67.6 Å². The Morgan fingerprint density at radius 2 is 1.68 bits per heavy atom. The number of methoxy groups -OCH3 is 2. The average molecular weight is 521 g/mol. The van der Waals surface area contributed by atoms with Crippen LogP contribution in [0.15, 0.2) is 82.8 Å². The zero-order chi connectivity index (χ0) is 24.2. The molecule has 1 aliphatic heterocycles. The SMILES string of the molecule is COc1ccc(OC)c(N2CC(=O)N(c3ccc(Br)cc3)[C@H](/C(C)=C/c3ccccc3)C2=O)c1. The van der Waals surface area contributed by atoms with Crippen LogP contribution in [0.25, 0.3) is 6.08 Å². The lowest BCUT2D eigenvalue weighted by atomic mass is 9.98. The predicted octanol–water partition coefficient (Wildman–Crippen LogP) is 5.32. The van der Waals surface area contributed by atoms with Crippen LogP contribution >= 0.6 is 15.9 Å². The first kappa shape index (κ1) is 23.6. The Kier molecular flexibility index (Phi) is 7.03. The normalized spacial score (nSPS) is 16.6. The summed E-state index contributed by atoms with van der Waals surface area (Å²) in [6.45, 7) is 1.76. The number of ether oxygens (including phenoxy) is 2. The lowest BCUT2D eigenvalue weighted by Crippen LogP contribution is -2.61. The third kappa shape index (κ3) is 4.70. The highest BCUT2D eigenvalue weighted by Crippen LogP contribution is 2.36. The van der Waals surface area contributed by atoms with E-state index in [-0.39, 0.29) is 18.4 Å². The van der Waals surface area contributed by atoms with Crippen LogP contribution in [0.4, 0.5) is 11.4 Å². The summed E-state index contributed by atoms with van der Waals surface area (Å²) in [6.07, 6.45) is 1.94. The van der Waals surface area contributed by atoms with Gasteiger partial charge in [0, 0.05) is 16.2 Å². The van der Waals surface area contributed by atoms with Gasteiger partial charge < -0.3 is 9.47 Å². The minimum Gasteiger partial charge on any atom is -0.497 e. The molecule has 1 atom stereocenters. The van der Waals surface area contributed by atoms with E-state index >= 15 is 0 Å². The number of nitrogens with zero attached hydrogens (tertiary/aromatic N) is 2. The maximum atomic E-state index is 14.0. The molecule has 1 fully saturated rings. The fourth-order valence-electron chi connectivity index (χ4n) is 4.09. The molecule has 1 saturated heterocycles. The Morgan fingerprint density at radius 1 is 0.971 bits per heavy atom. The van der Waals surface area contributed by atoms with Gasteiger partial charge in [0.25, 0.3) is 5.91 Å². The van der Waals surface area contributed by atoms with Gasteiger partial charge in [-0.3, -0.25) is 19.4 Å². The smallest absolute Gasteiger partial charge is 0.255 e. The van der Waals surface area contributed by atoms with E-state index in [2.05, 4.69) is 15.9 Å². The molecule has 0 aliphatic carbocycles. The van der Waals surface area contributed by atoms with Gasteiger partial charge in [0.2, 0.25) is 5.91 Å². The average Bonchev–Trinajstić information content (AvgIpc) is 2.85. The number of halogens is 1. The summed E-state index contributed by atoms with van der Waals surface area (Å²) in [6, 6.07) is 21.5. The van der Waals surface area contributed by atoms with Gasteiger partial charge in [-0.05, 0) is 54.5 Å². The summed E-state index contributed by atoms with van der Waals surface area (Å²) in [5.74, 6) is 0.637. The number of carbonyl (C=O) groups excluding carboxylic acids is 2. The molecule has 7 heteroatoms. The highest BCUT2D eigenvalue weighted by Gasteiger charge is 2.42. The summed E-state index contributed by atoms with van der Waals surface area (Å²) >= 11 is 3.44. The number of piperazine rings is 1. The third-order valence-electron chi connectivity index (χ3n) is 5.73. The van der Waals surface area contributed by atoms with Crippen LogP contribution in [-0.2, 0) is 9.59 Å². The second kappa shape index (κ2) is 10.1. The van der Waals surface area contributed by atoms with Gasteiger partial charge in [-0.2, -0.15) is 0 Å².